The molecule has 2 spiro atoms. The molecule has 2 aromatic rings. The third-order valence-electron chi connectivity index (χ3n) is 12.8. The topological polar surface area (TPSA) is 91.7 Å². The summed E-state index contributed by atoms with van der Waals surface area (Å²) in [5.74, 6) is 3.64. The first-order valence-corrected chi connectivity index (χ1v) is 16.6. The number of ether oxygens (including phenoxy) is 3. The minimum atomic E-state index is -0.539. The van der Waals surface area contributed by atoms with E-state index in [4.69, 9.17) is 14.2 Å². The molecule has 0 amide bonds. The summed E-state index contributed by atoms with van der Waals surface area (Å²) < 4.78 is 18.2. The Labute approximate surface area is 258 Å². The molecule has 8 aliphatic rings. The largest absolute Gasteiger partial charge is 0.504 e. The summed E-state index contributed by atoms with van der Waals surface area (Å²) >= 11 is 0. The average Bonchev–Trinajstić information content (AvgIpc) is 3.56. The van der Waals surface area contributed by atoms with Gasteiger partial charge in [-0.1, -0.05) is 24.3 Å². The summed E-state index contributed by atoms with van der Waals surface area (Å²) in [6.07, 6.45) is 8.74. The lowest BCUT2D eigenvalue weighted by atomic mass is 9.52. The molecule has 4 aliphatic carbocycles. The first-order valence-electron chi connectivity index (χ1n) is 16.6. The van der Waals surface area contributed by atoms with Gasteiger partial charge in [0.2, 0.25) is 0 Å². The molecule has 9 atom stereocenters. The van der Waals surface area contributed by atoms with Crippen LogP contribution in [0.5, 0.6) is 23.0 Å². The van der Waals surface area contributed by atoms with Gasteiger partial charge in [0.25, 0.3) is 0 Å². The number of hydrogen-bond acceptors (Lipinski definition) is 8. The van der Waals surface area contributed by atoms with E-state index in [0.717, 1.165) is 62.3 Å². The van der Waals surface area contributed by atoms with Crippen molar-refractivity contribution < 1.29 is 29.2 Å². The number of carbonyl (C=O) groups excluding carboxylic acids is 1. The predicted molar refractivity (Wildman–Crippen MR) is 164 cm³/mol. The lowest BCUT2D eigenvalue weighted by Gasteiger charge is -2.57. The molecule has 2 saturated heterocycles. The summed E-state index contributed by atoms with van der Waals surface area (Å²) in [6, 6.07) is 9.01. The van der Waals surface area contributed by atoms with Gasteiger partial charge in [0.1, 0.15) is 12.2 Å². The lowest BCUT2D eigenvalue weighted by Crippen LogP contribution is -2.65. The highest BCUT2D eigenvalue weighted by Crippen LogP contribution is 2.64. The van der Waals surface area contributed by atoms with E-state index in [0.29, 0.717) is 42.7 Å². The molecule has 8 nitrogen and oxygen atoms in total. The number of phenolic OH excluding ortho intramolecular Hbond substituents is 1. The molecular formula is C36H42N2O6. The number of aliphatic hydroxyl groups is 1. The van der Waals surface area contributed by atoms with Gasteiger partial charge in [0.05, 0.1) is 6.61 Å². The number of Topliss-reactive ketones (excluding diaryl/α,β-unsaturated/α-hetero) is 1. The second-order valence-electron chi connectivity index (χ2n) is 14.4. The number of rotatable bonds is 2. The summed E-state index contributed by atoms with van der Waals surface area (Å²) in [5.41, 5.74) is 4.88. The Morgan fingerprint density at radius 3 is 2.43 bits per heavy atom. The van der Waals surface area contributed by atoms with E-state index in [9.17, 15) is 15.0 Å². The van der Waals surface area contributed by atoms with Gasteiger partial charge in [-0.15, -0.1) is 0 Å². The van der Waals surface area contributed by atoms with Crippen molar-refractivity contribution in [3.05, 3.63) is 58.7 Å². The van der Waals surface area contributed by atoms with E-state index in [1.165, 1.54) is 16.7 Å². The smallest absolute Gasteiger partial charge is 0.174 e. The Morgan fingerprint density at radius 1 is 0.932 bits per heavy atom. The van der Waals surface area contributed by atoms with Crippen LogP contribution in [0.25, 0.3) is 0 Å². The third-order valence-corrected chi connectivity index (χ3v) is 12.8. The number of hydrogen-bond donors (Lipinski definition) is 2. The molecule has 0 radical (unpaired) electrons. The van der Waals surface area contributed by atoms with Crippen molar-refractivity contribution in [2.75, 3.05) is 33.8 Å². The molecule has 4 heterocycles. The molecule has 3 fully saturated rings. The van der Waals surface area contributed by atoms with E-state index in [-0.39, 0.29) is 34.6 Å². The molecule has 2 N–H and O–H groups in total. The lowest BCUT2D eigenvalue weighted by molar-refractivity contribution is -0.138. The highest BCUT2D eigenvalue weighted by molar-refractivity contribution is 5.89. The van der Waals surface area contributed by atoms with Crippen LogP contribution in [0.3, 0.4) is 0 Å². The minimum Gasteiger partial charge on any atom is -0.504 e. The van der Waals surface area contributed by atoms with Gasteiger partial charge < -0.3 is 34.2 Å². The van der Waals surface area contributed by atoms with Crippen LogP contribution in [-0.2, 0) is 28.5 Å². The summed E-state index contributed by atoms with van der Waals surface area (Å²) in [5, 5.41) is 20.8. The second-order valence-corrected chi connectivity index (χ2v) is 14.4. The van der Waals surface area contributed by atoms with Crippen LogP contribution >= 0.6 is 0 Å². The number of carbonyl (C=O) groups is 1. The first-order chi connectivity index (χ1) is 21.3. The maximum absolute atomic E-state index is 12.5. The van der Waals surface area contributed by atoms with E-state index in [2.05, 4.69) is 36.0 Å². The Hall–Kier alpha value is -3.07. The number of benzene rings is 2. The average molecular weight is 599 g/mol. The first kappa shape index (κ1) is 27.3. The van der Waals surface area contributed by atoms with Crippen LogP contribution in [0.15, 0.2) is 36.4 Å². The summed E-state index contributed by atoms with van der Waals surface area (Å²) in [4.78, 5) is 17.4. The molecule has 1 saturated carbocycles. The van der Waals surface area contributed by atoms with Crippen molar-refractivity contribution in [3.8, 4) is 23.0 Å². The number of ketones is 1. The van der Waals surface area contributed by atoms with Crippen LogP contribution in [0.2, 0.25) is 0 Å². The summed E-state index contributed by atoms with van der Waals surface area (Å²) in [7, 11) is 4.42. The van der Waals surface area contributed by atoms with E-state index < -0.39 is 6.10 Å². The molecular weight excluding hydrogens is 556 g/mol. The van der Waals surface area contributed by atoms with Gasteiger partial charge in [-0.25, -0.2) is 0 Å². The predicted octanol–water partition coefficient (Wildman–Crippen LogP) is 3.52. The molecule has 2 aromatic carbocycles. The molecule has 4 aliphatic heterocycles. The number of likely N-dealkylation sites (tertiary alicyclic amines) is 2. The van der Waals surface area contributed by atoms with Crippen molar-refractivity contribution in [1.82, 2.24) is 9.80 Å². The highest BCUT2D eigenvalue weighted by Gasteiger charge is 2.66. The molecule has 232 valence electrons. The Bertz CT molecular complexity index is 1610. The highest BCUT2D eigenvalue weighted by atomic mass is 16.5. The van der Waals surface area contributed by atoms with Crippen molar-refractivity contribution in [3.63, 3.8) is 0 Å². The van der Waals surface area contributed by atoms with Crippen LogP contribution in [0.1, 0.15) is 54.9 Å². The summed E-state index contributed by atoms with van der Waals surface area (Å²) in [6.45, 7) is 4.68. The fraction of sp³-hybridized carbons (Fsp3) is 0.583. The Balaban J connectivity index is 0.000000123. The van der Waals surface area contributed by atoms with E-state index >= 15 is 0 Å². The molecule has 10 rings (SSSR count). The fourth-order valence-corrected chi connectivity index (χ4v) is 11.0. The van der Waals surface area contributed by atoms with Gasteiger partial charge in [-0.3, -0.25) is 4.79 Å². The molecule has 0 unspecified atom stereocenters. The van der Waals surface area contributed by atoms with Crippen LogP contribution in [-0.4, -0.2) is 90.0 Å². The zero-order valence-electron chi connectivity index (χ0n) is 25.8. The van der Waals surface area contributed by atoms with Crippen molar-refractivity contribution in [1.29, 1.82) is 0 Å². The molecule has 44 heavy (non-hydrogen) atoms. The van der Waals surface area contributed by atoms with Gasteiger partial charge in [0.15, 0.2) is 34.9 Å². The van der Waals surface area contributed by atoms with E-state index in [1.807, 2.05) is 25.1 Å². The van der Waals surface area contributed by atoms with Crippen LogP contribution in [0, 0.1) is 11.8 Å². The SMILES string of the molecule is CCOc1ccc2c3c1O[C@H]1[C@@H](O)C=C[C@H]4[C@@H](C2)N(C)CC[C@@]341.CN1CC[C@]23c4c5ccc(O)c4O[C@H]2C(=O)CC[C@H]3[C@H]1C5. The zero-order valence-corrected chi connectivity index (χ0v) is 25.8. The number of phenols is 1. The minimum absolute atomic E-state index is 0.0820. The van der Waals surface area contributed by atoms with Gasteiger partial charge in [-0.05, 0) is 95.4 Å². The molecule has 0 aromatic heterocycles. The number of likely N-dealkylation sites (N-methyl/N-ethyl adjacent to an activating group) is 2. The normalized spacial score (nSPS) is 39.8. The van der Waals surface area contributed by atoms with Gasteiger partial charge in [0, 0.05) is 46.4 Å². The van der Waals surface area contributed by atoms with Crippen molar-refractivity contribution in [2.24, 2.45) is 11.8 Å². The number of aromatic hydroxyl groups is 1. The monoisotopic (exact) mass is 598 g/mol. The standard InChI is InChI=1S/C19H23NO3.C17H19NO3/c1-3-22-15-7-4-11-10-13-12-5-6-14(21)18-19(12,8-9-20(13)2)16(11)17(15)23-18;1-18-7-6-17-10-3-5-13(20)16(17)21-15-12(19)4-2-9(14(15)17)8-11(10)18/h4-7,12-14,18,21H,3,8-10H2,1-2H3;2,4,10-11,16,19H,3,5-8H2,1H3/t12-,13+,14-,18-,19-;10-,11+,16-,17-/m00/s1. The number of piperidine rings is 2. The maximum atomic E-state index is 12.5. The van der Waals surface area contributed by atoms with Crippen LogP contribution in [0.4, 0.5) is 0 Å². The number of aliphatic hydroxyl groups excluding tert-OH is 1. The zero-order chi connectivity index (χ0) is 30.1. The molecule has 4 bridgehead atoms. The Kier molecular flexibility index (Phi) is 5.72. The Morgan fingerprint density at radius 2 is 1.64 bits per heavy atom. The molecule has 8 heteroatoms. The van der Waals surface area contributed by atoms with Gasteiger partial charge >= 0.3 is 0 Å². The quantitative estimate of drug-likeness (QED) is 0.508. The van der Waals surface area contributed by atoms with E-state index in [1.54, 1.807) is 6.07 Å². The third kappa shape index (κ3) is 3.22. The van der Waals surface area contributed by atoms with Crippen molar-refractivity contribution >= 4 is 5.78 Å². The van der Waals surface area contributed by atoms with Crippen LogP contribution < -0.4 is 14.2 Å². The van der Waals surface area contributed by atoms with Crippen molar-refractivity contribution in [2.45, 2.75) is 86.7 Å². The number of nitrogens with zero attached hydrogens (tertiary/aromatic N) is 2. The van der Waals surface area contributed by atoms with Gasteiger partial charge in [-0.2, -0.15) is 0 Å². The second kappa shape index (κ2) is 9.24. The fourth-order valence-electron chi connectivity index (χ4n) is 11.0. The maximum Gasteiger partial charge on any atom is 0.174 e.